The van der Waals surface area contributed by atoms with Gasteiger partial charge in [-0.25, -0.2) is 0 Å². The molecule has 1 aliphatic heterocycles. The quantitative estimate of drug-likeness (QED) is 0.650. The first-order chi connectivity index (χ1) is 8.18. The predicted molar refractivity (Wildman–Crippen MR) is 62.1 cm³/mol. The molecule has 0 radical (unpaired) electrons. The molecular formula is C14H18O3. The van der Waals surface area contributed by atoms with Gasteiger partial charge in [-0.05, 0) is 17.8 Å². The van der Waals surface area contributed by atoms with Crippen molar-refractivity contribution in [1.29, 1.82) is 0 Å². The zero-order chi connectivity index (χ0) is 11.9. The van der Waals surface area contributed by atoms with Crippen molar-refractivity contribution in [3.8, 4) is 12.3 Å². The second-order valence-corrected chi connectivity index (χ2v) is 5.68. The third-order valence-corrected chi connectivity index (χ3v) is 4.65. The largest absolute Gasteiger partial charge is 0.348 e. The molecule has 17 heavy (non-hydrogen) atoms. The fraction of sp³-hybridized carbons (Fsp3) is 0.786. The van der Waals surface area contributed by atoms with Crippen LogP contribution in [0.2, 0.25) is 0 Å². The minimum absolute atomic E-state index is 0.0472. The number of carbonyl (C=O) groups is 1. The molecule has 3 rings (SSSR count). The Morgan fingerprint density at radius 1 is 1.41 bits per heavy atom. The minimum Gasteiger partial charge on any atom is -0.348 e. The number of terminal acetylenes is 1. The van der Waals surface area contributed by atoms with Crippen LogP contribution in [0.4, 0.5) is 0 Å². The Kier molecular flexibility index (Phi) is 2.53. The summed E-state index contributed by atoms with van der Waals surface area (Å²) in [6.07, 6.45) is 10.2. The van der Waals surface area contributed by atoms with E-state index >= 15 is 0 Å². The maximum Gasteiger partial charge on any atom is 0.169 e. The van der Waals surface area contributed by atoms with Crippen molar-refractivity contribution < 1.29 is 14.3 Å². The Morgan fingerprint density at radius 2 is 2.18 bits per heavy atom. The van der Waals surface area contributed by atoms with Gasteiger partial charge >= 0.3 is 0 Å². The van der Waals surface area contributed by atoms with Gasteiger partial charge in [0.25, 0.3) is 0 Å². The molecule has 2 atom stereocenters. The van der Waals surface area contributed by atoms with Crippen LogP contribution in [-0.2, 0) is 14.3 Å². The van der Waals surface area contributed by atoms with Crippen LogP contribution in [0.1, 0.15) is 38.5 Å². The molecule has 1 spiro atoms. The summed E-state index contributed by atoms with van der Waals surface area (Å²) in [6, 6.07) is 0. The van der Waals surface area contributed by atoms with Crippen molar-refractivity contribution in [1.82, 2.24) is 0 Å². The molecule has 0 N–H and O–H groups in total. The van der Waals surface area contributed by atoms with E-state index in [4.69, 9.17) is 15.9 Å². The van der Waals surface area contributed by atoms with Crippen molar-refractivity contribution in [3.63, 3.8) is 0 Å². The smallest absolute Gasteiger partial charge is 0.169 e. The Labute approximate surface area is 102 Å². The molecule has 2 aliphatic carbocycles. The van der Waals surface area contributed by atoms with E-state index in [0.717, 1.165) is 19.3 Å². The molecule has 3 fully saturated rings. The number of ether oxygens (including phenoxy) is 2. The van der Waals surface area contributed by atoms with E-state index in [0.29, 0.717) is 44.2 Å². The van der Waals surface area contributed by atoms with Crippen molar-refractivity contribution in [2.45, 2.75) is 44.3 Å². The van der Waals surface area contributed by atoms with Crippen LogP contribution in [0.25, 0.3) is 0 Å². The van der Waals surface area contributed by atoms with E-state index in [2.05, 4.69) is 5.92 Å². The van der Waals surface area contributed by atoms with Gasteiger partial charge in [-0.1, -0.05) is 0 Å². The monoisotopic (exact) mass is 234 g/mol. The number of rotatable bonds is 1. The molecule has 0 aromatic heterocycles. The highest BCUT2D eigenvalue weighted by molar-refractivity contribution is 5.82. The first-order valence-electron chi connectivity index (χ1n) is 6.41. The summed E-state index contributed by atoms with van der Waals surface area (Å²) in [7, 11) is 0. The van der Waals surface area contributed by atoms with Crippen LogP contribution in [0, 0.1) is 23.7 Å². The average Bonchev–Trinajstić information content (AvgIpc) is 2.83. The molecule has 0 bridgehead atoms. The number of hydrogen-bond acceptors (Lipinski definition) is 3. The fourth-order valence-electron chi connectivity index (χ4n) is 3.95. The van der Waals surface area contributed by atoms with Crippen LogP contribution in [-0.4, -0.2) is 24.8 Å². The lowest BCUT2D eigenvalue weighted by molar-refractivity contribution is -0.209. The highest BCUT2D eigenvalue weighted by Gasteiger charge is 2.56. The first kappa shape index (κ1) is 11.3. The van der Waals surface area contributed by atoms with Gasteiger partial charge < -0.3 is 9.47 Å². The number of carbonyl (C=O) groups excluding carboxylic acids is 1. The number of hydrogen-bond donors (Lipinski definition) is 0. The SMILES string of the molecule is C#CCC12CC(=O)CC1CCC1(C2)OCCO1. The zero-order valence-corrected chi connectivity index (χ0v) is 10.0. The van der Waals surface area contributed by atoms with Gasteiger partial charge in [0.1, 0.15) is 5.78 Å². The lowest BCUT2D eigenvalue weighted by Crippen LogP contribution is -2.45. The summed E-state index contributed by atoms with van der Waals surface area (Å²) in [5.74, 6) is 3.14. The Bertz CT molecular complexity index is 375. The van der Waals surface area contributed by atoms with Gasteiger partial charge in [0.15, 0.2) is 5.79 Å². The van der Waals surface area contributed by atoms with E-state index in [1.54, 1.807) is 0 Å². The van der Waals surface area contributed by atoms with Gasteiger partial charge in [0.2, 0.25) is 0 Å². The molecule has 1 heterocycles. The molecule has 3 nitrogen and oxygen atoms in total. The van der Waals surface area contributed by atoms with E-state index in [1.807, 2.05) is 0 Å². The average molecular weight is 234 g/mol. The van der Waals surface area contributed by atoms with E-state index in [9.17, 15) is 4.79 Å². The van der Waals surface area contributed by atoms with Gasteiger partial charge in [-0.2, -0.15) is 0 Å². The third-order valence-electron chi connectivity index (χ3n) is 4.65. The lowest BCUT2D eigenvalue weighted by atomic mass is 9.64. The van der Waals surface area contributed by atoms with Crippen LogP contribution in [0.5, 0.6) is 0 Å². The molecule has 2 saturated carbocycles. The fourth-order valence-corrected chi connectivity index (χ4v) is 3.95. The molecule has 0 aromatic rings. The summed E-state index contributed by atoms with van der Waals surface area (Å²) >= 11 is 0. The second kappa shape index (κ2) is 3.83. The number of ketones is 1. The molecule has 92 valence electrons. The predicted octanol–water partition coefficient (Wildman–Crippen LogP) is 1.90. The van der Waals surface area contributed by atoms with Crippen LogP contribution < -0.4 is 0 Å². The summed E-state index contributed by atoms with van der Waals surface area (Å²) < 4.78 is 11.6. The lowest BCUT2D eigenvalue weighted by Gasteiger charge is -2.45. The Morgan fingerprint density at radius 3 is 2.88 bits per heavy atom. The zero-order valence-electron chi connectivity index (χ0n) is 10.0. The first-order valence-corrected chi connectivity index (χ1v) is 6.41. The Balaban J connectivity index is 1.88. The topological polar surface area (TPSA) is 35.5 Å². The van der Waals surface area contributed by atoms with E-state index < -0.39 is 5.79 Å². The summed E-state index contributed by atoms with van der Waals surface area (Å²) in [6.45, 7) is 1.34. The van der Waals surface area contributed by atoms with Crippen LogP contribution >= 0.6 is 0 Å². The summed E-state index contributed by atoms with van der Waals surface area (Å²) in [5, 5.41) is 0. The van der Waals surface area contributed by atoms with Crippen molar-refractivity contribution in [2.75, 3.05) is 13.2 Å². The third kappa shape index (κ3) is 1.71. The summed E-state index contributed by atoms with van der Waals surface area (Å²) in [4.78, 5) is 11.7. The number of Topliss-reactive ketones (excluding diaryl/α,β-unsaturated/α-hetero) is 1. The molecule has 2 unspecified atom stereocenters. The Hall–Kier alpha value is -0.850. The van der Waals surface area contributed by atoms with Crippen LogP contribution in [0.15, 0.2) is 0 Å². The normalized spacial score (nSPS) is 39.2. The maximum atomic E-state index is 11.7. The standard InChI is InChI=1S/C14H18O3/c1-2-4-13-9-12(15)8-11(13)3-5-14(10-13)16-6-7-17-14/h1,11H,3-10H2. The van der Waals surface area contributed by atoms with Crippen LogP contribution in [0.3, 0.4) is 0 Å². The maximum absolute atomic E-state index is 11.7. The van der Waals surface area contributed by atoms with E-state index in [-0.39, 0.29) is 5.41 Å². The van der Waals surface area contributed by atoms with Gasteiger partial charge in [-0.15, -0.1) is 12.3 Å². The van der Waals surface area contributed by atoms with Gasteiger partial charge in [0, 0.05) is 32.1 Å². The molecular weight excluding hydrogens is 216 g/mol. The molecule has 0 aromatic carbocycles. The molecule has 0 amide bonds. The number of fused-ring (bicyclic) bond motifs is 1. The molecule has 1 saturated heterocycles. The highest BCUT2D eigenvalue weighted by Crippen LogP contribution is 2.57. The van der Waals surface area contributed by atoms with Gasteiger partial charge in [0.05, 0.1) is 13.2 Å². The van der Waals surface area contributed by atoms with E-state index in [1.165, 1.54) is 0 Å². The molecule has 3 aliphatic rings. The highest BCUT2D eigenvalue weighted by atomic mass is 16.7. The van der Waals surface area contributed by atoms with Crippen molar-refractivity contribution >= 4 is 5.78 Å². The van der Waals surface area contributed by atoms with Gasteiger partial charge in [-0.3, -0.25) is 4.79 Å². The second-order valence-electron chi connectivity index (χ2n) is 5.68. The van der Waals surface area contributed by atoms with Crippen molar-refractivity contribution in [2.24, 2.45) is 11.3 Å². The minimum atomic E-state index is -0.433. The summed E-state index contributed by atoms with van der Waals surface area (Å²) in [5.41, 5.74) is -0.0472. The van der Waals surface area contributed by atoms with Crippen molar-refractivity contribution in [3.05, 3.63) is 0 Å². The molecule has 3 heteroatoms.